The van der Waals surface area contributed by atoms with Crippen LogP contribution in [0.2, 0.25) is 0 Å². The maximum atomic E-state index is 12.1. The Labute approximate surface area is 75.7 Å². The number of piperidine rings is 1. The molecule has 1 saturated heterocycles. The number of hydrogen-bond donors (Lipinski definition) is 0. The van der Waals surface area contributed by atoms with E-state index in [-0.39, 0.29) is 4.65 Å². The van der Waals surface area contributed by atoms with Crippen LogP contribution >= 0.6 is 0 Å². The number of rotatable bonds is 2. The van der Waals surface area contributed by atoms with E-state index in [9.17, 15) is 5.21 Å². The van der Waals surface area contributed by atoms with Crippen molar-refractivity contribution >= 4 is 0 Å². The van der Waals surface area contributed by atoms with Gasteiger partial charge in [0.15, 0.2) is 0 Å². The predicted molar refractivity (Wildman–Crippen MR) is 51.5 cm³/mol. The van der Waals surface area contributed by atoms with E-state index in [1.807, 2.05) is 0 Å². The Morgan fingerprint density at radius 2 is 2.17 bits per heavy atom. The van der Waals surface area contributed by atoms with Gasteiger partial charge in [0.2, 0.25) is 0 Å². The maximum absolute atomic E-state index is 12.1. The lowest BCUT2D eigenvalue weighted by molar-refractivity contribution is -0.891. The van der Waals surface area contributed by atoms with Gasteiger partial charge in [0.05, 0.1) is 19.6 Å². The second kappa shape index (κ2) is 3.75. The molecule has 1 aliphatic rings. The highest BCUT2D eigenvalue weighted by Gasteiger charge is 2.25. The number of quaternary nitrogens is 1. The fourth-order valence-corrected chi connectivity index (χ4v) is 2.31. The van der Waals surface area contributed by atoms with Crippen molar-refractivity contribution in [3.05, 3.63) is 5.21 Å². The molecule has 12 heavy (non-hydrogen) atoms. The van der Waals surface area contributed by atoms with Gasteiger partial charge in [0, 0.05) is 11.8 Å². The Morgan fingerprint density at radius 1 is 1.50 bits per heavy atom. The molecular weight excluding hydrogens is 150 g/mol. The summed E-state index contributed by atoms with van der Waals surface area (Å²) < 4.78 is 0.0683. The Hall–Kier alpha value is -0.0800. The number of nitrogens with zero attached hydrogens (tertiary/aromatic N) is 1. The van der Waals surface area contributed by atoms with Crippen molar-refractivity contribution in [2.45, 2.75) is 33.6 Å². The highest BCUT2D eigenvalue weighted by molar-refractivity contribution is 4.62. The molecule has 1 unspecified atom stereocenters. The van der Waals surface area contributed by atoms with E-state index in [0.717, 1.165) is 26.1 Å². The average molecular weight is 171 g/mol. The summed E-state index contributed by atoms with van der Waals surface area (Å²) in [4.78, 5) is 0. The third-order valence-electron chi connectivity index (χ3n) is 2.60. The van der Waals surface area contributed by atoms with Gasteiger partial charge in [-0.2, -0.15) is 0 Å². The van der Waals surface area contributed by atoms with Crippen LogP contribution < -0.4 is 0 Å². The molecule has 2 heteroatoms. The number of hydroxylamine groups is 3. The Balaban J connectivity index is 2.45. The van der Waals surface area contributed by atoms with Crippen molar-refractivity contribution in [1.82, 2.24) is 0 Å². The Bertz CT molecular complexity index is 143. The molecule has 1 fully saturated rings. The lowest BCUT2D eigenvalue weighted by Crippen LogP contribution is -2.50. The number of likely N-dealkylation sites (tertiary alicyclic amines) is 1. The van der Waals surface area contributed by atoms with Crippen molar-refractivity contribution in [2.75, 3.05) is 19.6 Å². The highest BCUT2D eigenvalue weighted by Crippen LogP contribution is 2.23. The normalized spacial score (nSPS) is 37.2. The molecule has 2 atom stereocenters. The largest absolute Gasteiger partial charge is 0.633 e. The molecule has 1 aliphatic heterocycles. The van der Waals surface area contributed by atoms with E-state index in [4.69, 9.17) is 0 Å². The van der Waals surface area contributed by atoms with Gasteiger partial charge >= 0.3 is 0 Å². The van der Waals surface area contributed by atoms with E-state index in [1.165, 1.54) is 6.42 Å². The van der Waals surface area contributed by atoms with Gasteiger partial charge < -0.3 is 9.85 Å². The van der Waals surface area contributed by atoms with E-state index in [1.54, 1.807) is 0 Å². The molecule has 0 bridgehead atoms. The fourth-order valence-electron chi connectivity index (χ4n) is 2.31. The van der Waals surface area contributed by atoms with Crippen molar-refractivity contribution < 1.29 is 4.65 Å². The average Bonchev–Trinajstić information content (AvgIpc) is 1.82. The molecule has 0 amide bonds. The van der Waals surface area contributed by atoms with E-state index >= 15 is 0 Å². The minimum Gasteiger partial charge on any atom is -0.633 e. The fraction of sp³-hybridized carbons (Fsp3) is 1.00. The molecular formula is C10H21NO. The lowest BCUT2D eigenvalue weighted by atomic mass is 9.99. The Morgan fingerprint density at radius 3 is 2.67 bits per heavy atom. The van der Waals surface area contributed by atoms with Gasteiger partial charge in [-0.15, -0.1) is 0 Å². The molecule has 0 N–H and O–H groups in total. The zero-order valence-corrected chi connectivity index (χ0v) is 8.55. The molecule has 0 aromatic heterocycles. The summed E-state index contributed by atoms with van der Waals surface area (Å²) in [6, 6.07) is 0. The number of hydrogen-bond acceptors (Lipinski definition) is 1. The molecule has 1 rings (SSSR count). The first-order valence-corrected chi connectivity index (χ1v) is 5.09. The summed E-state index contributed by atoms with van der Waals surface area (Å²) in [7, 11) is 0. The summed E-state index contributed by atoms with van der Waals surface area (Å²) in [5.74, 6) is 1.17. The first-order valence-electron chi connectivity index (χ1n) is 5.09. The molecule has 0 aromatic carbocycles. The molecule has 0 spiro atoms. The van der Waals surface area contributed by atoms with E-state index in [2.05, 4.69) is 20.8 Å². The van der Waals surface area contributed by atoms with Crippen molar-refractivity contribution in [3.63, 3.8) is 0 Å². The van der Waals surface area contributed by atoms with Gasteiger partial charge in [0.1, 0.15) is 0 Å². The lowest BCUT2D eigenvalue weighted by Gasteiger charge is -2.48. The highest BCUT2D eigenvalue weighted by atomic mass is 16.5. The summed E-state index contributed by atoms with van der Waals surface area (Å²) in [5, 5.41) is 12.1. The van der Waals surface area contributed by atoms with Gasteiger partial charge in [-0.3, -0.25) is 0 Å². The van der Waals surface area contributed by atoms with Gasteiger partial charge in [-0.25, -0.2) is 0 Å². The van der Waals surface area contributed by atoms with Crippen LogP contribution in [0.4, 0.5) is 0 Å². The smallest absolute Gasteiger partial charge is 0.0809 e. The molecule has 2 nitrogen and oxygen atoms in total. The predicted octanol–water partition coefficient (Wildman–Crippen LogP) is 2.39. The van der Waals surface area contributed by atoms with Gasteiger partial charge in [0.25, 0.3) is 0 Å². The SMILES string of the molecule is CC(C)C[N+]1([O-])CCC[C@H](C)C1. The van der Waals surface area contributed by atoms with Crippen LogP contribution in [0, 0.1) is 17.0 Å². The third-order valence-corrected chi connectivity index (χ3v) is 2.60. The molecule has 0 aliphatic carbocycles. The monoisotopic (exact) mass is 171 g/mol. The van der Waals surface area contributed by atoms with Crippen LogP contribution in [0.3, 0.4) is 0 Å². The van der Waals surface area contributed by atoms with Crippen molar-refractivity contribution in [2.24, 2.45) is 11.8 Å². The topological polar surface area (TPSA) is 23.1 Å². The molecule has 1 heterocycles. The minimum atomic E-state index is 0.0683. The van der Waals surface area contributed by atoms with Crippen LogP contribution in [0.1, 0.15) is 33.6 Å². The van der Waals surface area contributed by atoms with E-state index in [0.29, 0.717) is 11.8 Å². The summed E-state index contributed by atoms with van der Waals surface area (Å²) in [6.07, 6.45) is 2.37. The molecule has 0 radical (unpaired) electrons. The zero-order valence-electron chi connectivity index (χ0n) is 8.55. The first kappa shape index (κ1) is 10.0. The Kier molecular flexibility index (Phi) is 3.13. The summed E-state index contributed by atoms with van der Waals surface area (Å²) in [5.41, 5.74) is 0. The summed E-state index contributed by atoms with van der Waals surface area (Å²) >= 11 is 0. The second-order valence-electron chi connectivity index (χ2n) is 4.79. The minimum absolute atomic E-state index is 0.0683. The quantitative estimate of drug-likeness (QED) is 0.462. The van der Waals surface area contributed by atoms with Crippen molar-refractivity contribution in [1.29, 1.82) is 0 Å². The molecule has 0 aromatic rings. The van der Waals surface area contributed by atoms with Gasteiger partial charge in [-0.05, 0) is 12.8 Å². The maximum Gasteiger partial charge on any atom is 0.0809 e. The van der Waals surface area contributed by atoms with Crippen LogP contribution in [-0.4, -0.2) is 24.3 Å². The van der Waals surface area contributed by atoms with Crippen molar-refractivity contribution in [3.8, 4) is 0 Å². The van der Waals surface area contributed by atoms with Gasteiger partial charge in [-0.1, -0.05) is 20.8 Å². The molecule has 72 valence electrons. The second-order valence-corrected chi connectivity index (χ2v) is 4.79. The summed E-state index contributed by atoms with van der Waals surface area (Å²) in [6.45, 7) is 8.98. The first-order chi connectivity index (χ1) is 5.52. The zero-order chi connectivity index (χ0) is 9.19. The van der Waals surface area contributed by atoms with Crippen LogP contribution in [0.5, 0.6) is 0 Å². The van der Waals surface area contributed by atoms with Crippen LogP contribution in [0.15, 0.2) is 0 Å². The molecule has 0 saturated carbocycles. The van der Waals surface area contributed by atoms with Crippen LogP contribution in [-0.2, 0) is 0 Å². The van der Waals surface area contributed by atoms with Crippen LogP contribution in [0.25, 0.3) is 0 Å². The third kappa shape index (κ3) is 2.76. The standard InChI is InChI=1S/C10H21NO/c1-9(2)7-11(12)6-4-5-10(3)8-11/h9-10H,4-8H2,1-3H3/t10-,11?/m0/s1. The van der Waals surface area contributed by atoms with E-state index < -0.39 is 0 Å².